The lowest BCUT2D eigenvalue weighted by Gasteiger charge is -2.24. The number of ether oxygens (including phenoxy) is 24. The first kappa shape index (κ1) is 118. The number of carboxylic acid groups (broad SMARTS) is 1. The number of benzene rings is 2. The number of amides is 6. The predicted octanol–water partition coefficient (Wildman–Crippen LogP) is 2.46. The summed E-state index contributed by atoms with van der Waals surface area (Å²) >= 11 is 0.997. The van der Waals surface area contributed by atoms with Gasteiger partial charge in [0.2, 0.25) is 34.6 Å². The number of carbonyl (C=O) groups is 6. The molecule has 0 aliphatic heterocycles. The van der Waals surface area contributed by atoms with Crippen LogP contribution in [0.3, 0.4) is 0 Å². The second-order valence-corrected chi connectivity index (χ2v) is 31.3. The van der Waals surface area contributed by atoms with Crippen molar-refractivity contribution in [1.29, 1.82) is 0 Å². The number of hydrogen-bond acceptors (Lipinski definition) is 37. The van der Waals surface area contributed by atoms with Gasteiger partial charge in [-0.05, 0) is 95.6 Å². The molecule has 45 nitrogen and oxygen atoms in total. The zero-order valence-corrected chi connectivity index (χ0v) is 80.2. The molecule has 772 valence electrons. The number of methoxy groups -OCH3 is 1. The number of rotatable bonds is 91. The van der Waals surface area contributed by atoms with Crippen LogP contribution < -0.4 is 41.6 Å². The Bertz CT molecular complexity index is 3780. The Balaban J connectivity index is 0.726. The number of aromatic nitrogens is 5. The van der Waals surface area contributed by atoms with E-state index >= 15 is 4.39 Å². The molecule has 136 heavy (non-hydrogen) atoms. The number of carbonyl (C=O) groups excluding carboxylic acids is 6. The van der Waals surface area contributed by atoms with Gasteiger partial charge in [0.25, 0.3) is 5.69 Å². The number of nitrogens with zero attached hydrogens (tertiary/aromatic N) is 6. The number of aryl methyl sites for hydroxylation is 1. The van der Waals surface area contributed by atoms with E-state index in [1.54, 1.807) is 63.0 Å². The highest BCUT2D eigenvalue weighted by molar-refractivity contribution is 7.99. The topological polar surface area (TPSA) is 510 Å². The molecule has 2 heterocycles. The van der Waals surface area contributed by atoms with E-state index in [0.717, 1.165) is 49.1 Å². The van der Waals surface area contributed by atoms with Gasteiger partial charge in [-0.25, -0.2) is 19.4 Å². The summed E-state index contributed by atoms with van der Waals surface area (Å²) in [4.78, 5) is 90.4. The lowest BCUT2D eigenvalue weighted by atomic mass is 9.99. The first-order valence-electron chi connectivity index (χ1n) is 46.2. The van der Waals surface area contributed by atoms with Crippen LogP contribution in [0, 0.1) is 21.8 Å². The number of non-ortho nitro benzene ring substituents is 1. The van der Waals surface area contributed by atoms with E-state index in [-0.39, 0.29) is 73.6 Å². The summed E-state index contributed by atoms with van der Waals surface area (Å²) in [5.41, 5.74) is 1.27. The van der Waals surface area contributed by atoms with Crippen molar-refractivity contribution in [3.05, 3.63) is 87.3 Å². The summed E-state index contributed by atoms with van der Waals surface area (Å²) in [6.45, 7) is 25.4. The Kier molecular flexibility index (Phi) is 69.5. The first-order valence-corrected chi connectivity index (χ1v) is 47.0. The van der Waals surface area contributed by atoms with Crippen molar-refractivity contribution in [1.82, 2.24) is 41.5 Å². The number of nitrogens with one attached hydrogen (secondary N) is 6. The highest BCUT2D eigenvalue weighted by Gasteiger charge is 2.32. The van der Waals surface area contributed by atoms with E-state index in [1.807, 2.05) is 5.32 Å². The molecule has 1 saturated carbocycles. The third-order valence-electron chi connectivity index (χ3n) is 19.4. The Labute approximate surface area is 799 Å². The fourth-order valence-corrected chi connectivity index (χ4v) is 13.1. The van der Waals surface area contributed by atoms with E-state index in [0.29, 0.717) is 307 Å². The average Bonchev–Trinajstić information content (AvgIpc) is 1.31. The van der Waals surface area contributed by atoms with E-state index in [4.69, 9.17) is 114 Å². The molecule has 47 heteroatoms. The molecule has 3 atom stereocenters. The molecule has 6 amide bonds. The Morgan fingerprint density at radius 2 is 0.860 bits per heavy atom. The standard InChI is InChI=1S/C89H145FN12O33S/c1-70(2)82(87(107)92-71(3)84(104)93-75-12-10-72(11-13-75)68-101-69-74(73-8-6-7-9-73)66-78(90)83(101)96-85(105)77-67-76(102(110)111)14-16-80(77)136-88-97-98-99-100(88)4)95-81(103)17-15-79(94-89(108)109)86(106)91-18-19-113-22-23-115-26-27-117-30-31-119-34-35-121-38-39-123-42-43-125-46-47-127-50-51-129-54-55-131-58-59-133-62-63-135-65-64-134-61-60-132-57-56-130-53-52-128-49-48-126-45-44-124-41-40-122-37-36-120-33-32-118-29-28-116-25-24-114-21-20-112-5/h10-14,16,66-67,69-71,73,79,82,94H,6-9,15,17-65,68H2,1-5H3,(H5,91,92,93,95,103,104,106,107,108,109)/t71-,79-,82-/m0/s1. The van der Waals surface area contributed by atoms with Gasteiger partial charge in [0, 0.05) is 49.8 Å². The van der Waals surface area contributed by atoms with E-state index in [2.05, 4.69) is 42.1 Å². The number of tetrazole rings is 1. The van der Waals surface area contributed by atoms with Gasteiger partial charge in [0.1, 0.15) is 30.8 Å². The van der Waals surface area contributed by atoms with Crippen LogP contribution in [-0.2, 0) is 146 Å². The summed E-state index contributed by atoms with van der Waals surface area (Å²) in [6, 6.07) is 8.11. The zero-order valence-electron chi connectivity index (χ0n) is 79.4. The zero-order chi connectivity index (χ0) is 97.6. The van der Waals surface area contributed by atoms with Crippen molar-refractivity contribution in [2.45, 2.75) is 99.9 Å². The number of nitro benzene ring substituents is 1. The maximum Gasteiger partial charge on any atom is 0.340 e. The lowest BCUT2D eigenvalue weighted by molar-refractivity contribution is -0.675. The number of pyridine rings is 1. The third-order valence-corrected chi connectivity index (χ3v) is 20.5. The molecule has 2 aromatic carbocycles. The van der Waals surface area contributed by atoms with Crippen LogP contribution in [0.15, 0.2) is 64.8 Å². The predicted molar refractivity (Wildman–Crippen MR) is 486 cm³/mol. The second-order valence-electron chi connectivity index (χ2n) is 30.3. The smallest absolute Gasteiger partial charge is 0.340 e. The molecule has 1 fully saturated rings. The van der Waals surface area contributed by atoms with Gasteiger partial charge in [-0.2, -0.15) is 4.39 Å². The van der Waals surface area contributed by atoms with Crippen LogP contribution in [0.1, 0.15) is 86.7 Å². The van der Waals surface area contributed by atoms with E-state index in [9.17, 15) is 44.0 Å². The second kappa shape index (κ2) is 79.8. The van der Waals surface area contributed by atoms with Crippen molar-refractivity contribution in [3.8, 4) is 0 Å². The van der Waals surface area contributed by atoms with Crippen LogP contribution >= 0.6 is 11.8 Å². The molecule has 0 unspecified atom stereocenters. The van der Waals surface area contributed by atoms with Gasteiger partial charge < -0.3 is 150 Å². The van der Waals surface area contributed by atoms with Crippen LogP contribution in [0.2, 0.25) is 0 Å². The van der Waals surface area contributed by atoms with Gasteiger partial charge in [0.15, 0.2) is 0 Å². The summed E-state index contributed by atoms with van der Waals surface area (Å²) < 4.78 is 151. The molecule has 0 bridgehead atoms. The largest absolute Gasteiger partial charge is 0.530 e. The molecule has 0 spiro atoms. The van der Waals surface area contributed by atoms with Crippen LogP contribution in [0.5, 0.6) is 0 Å². The molecule has 1 aliphatic carbocycles. The summed E-state index contributed by atoms with van der Waals surface area (Å²) in [5.74, 6) is -4.80. The van der Waals surface area contributed by atoms with Crippen molar-refractivity contribution < 1.29 is 161 Å². The average molecular weight is 1960 g/mol. The van der Waals surface area contributed by atoms with Crippen molar-refractivity contribution in [2.75, 3.05) is 335 Å². The van der Waals surface area contributed by atoms with Crippen LogP contribution in [0.25, 0.3) is 0 Å². The van der Waals surface area contributed by atoms with Gasteiger partial charge in [0.05, 0.1) is 327 Å². The minimum Gasteiger partial charge on any atom is -0.530 e. The normalized spacial score (nSPS) is 12.9. The van der Waals surface area contributed by atoms with Crippen molar-refractivity contribution >= 4 is 64.6 Å². The number of halogens is 1. The van der Waals surface area contributed by atoms with Gasteiger partial charge in [-0.1, -0.05) is 38.8 Å². The maximum atomic E-state index is 16.4. The van der Waals surface area contributed by atoms with Crippen LogP contribution in [-0.4, -0.2) is 403 Å². The van der Waals surface area contributed by atoms with Gasteiger partial charge >= 0.3 is 11.7 Å². The summed E-state index contributed by atoms with van der Waals surface area (Å²) in [6.07, 6.45) is 3.06. The highest BCUT2D eigenvalue weighted by Crippen LogP contribution is 2.36. The minimum absolute atomic E-state index is 0.00952. The monoisotopic (exact) mass is 1960 g/mol. The molecule has 5 rings (SSSR count). The minimum atomic E-state index is -1.74. The maximum absolute atomic E-state index is 16.4. The lowest BCUT2D eigenvalue weighted by Crippen LogP contribution is -2.54. The molecule has 0 radical (unpaired) electrons. The molecule has 0 saturated heterocycles. The van der Waals surface area contributed by atoms with Gasteiger partial charge in [-0.3, -0.25) is 29.3 Å². The first-order chi connectivity index (χ1) is 66.4. The number of nitro groups is 1. The Hall–Kier alpha value is -8.00. The van der Waals surface area contributed by atoms with Gasteiger partial charge in [-0.15, -0.1) is 5.10 Å². The van der Waals surface area contributed by atoms with Crippen molar-refractivity contribution in [2.24, 2.45) is 13.0 Å². The molecule has 2 aromatic heterocycles. The third kappa shape index (κ3) is 58.8. The SMILES string of the molecule is COCCOCCOCCOCCOCCOCCOCCOCCOCCOCCOCCOCCOCCOCCOCCOCCOCCOCCOCCOCCOCCOCCOCCOCCNC(=O)[C@H](CCC(=O)N[C@H](C(=O)N[C@@H](C)C(=O)Nc1ccc(C[n+]2cc(C3CCCC3)cc(F)c2NC(=O)c2cc([N+](=O)[O-])ccc2Sc2nnnn2C)cc1)C(C)C)NC(=O)[O-]. The molecular formula is C89H145FN12O33S. The number of hydrogen-bond donors (Lipinski definition) is 6. The summed E-state index contributed by atoms with van der Waals surface area (Å²) in [7, 11) is 3.23. The summed E-state index contributed by atoms with van der Waals surface area (Å²) in [5, 5.41) is 50.3. The van der Waals surface area contributed by atoms with E-state index in [1.165, 1.54) is 29.8 Å². The van der Waals surface area contributed by atoms with Crippen LogP contribution in [0.4, 0.5) is 26.4 Å². The Morgan fingerprint density at radius 1 is 0.485 bits per heavy atom. The fraction of sp³-hybridized carbons (Fsp3) is 0.730. The molecular weight excluding hydrogens is 1820 g/mol. The molecule has 6 N–H and O–H groups in total. The highest BCUT2D eigenvalue weighted by atomic mass is 32.2. The Morgan fingerprint density at radius 3 is 1.21 bits per heavy atom. The number of anilines is 2. The quantitative estimate of drug-likeness (QED) is 0.0160. The fourth-order valence-electron chi connectivity index (χ4n) is 12.3. The molecule has 4 aromatic rings. The molecule has 1 aliphatic rings. The van der Waals surface area contributed by atoms with Crippen molar-refractivity contribution in [3.63, 3.8) is 0 Å². The van der Waals surface area contributed by atoms with E-state index < -0.39 is 70.4 Å².